The minimum atomic E-state index is 0.543. The van der Waals surface area contributed by atoms with Gasteiger partial charge in [0.2, 0.25) is 5.95 Å². The number of H-pyrrole nitrogens is 1. The van der Waals surface area contributed by atoms with E-state index in [1.165, 1.54) is 5.56 Å². The van der Waals surface area contributed by atoms with E-state index in [-0.39, 0.29) is 0 Å². The van der Waals surface area contributed by atoms with Crippen molar-refractivity contribution in [1.82, 2.24) is 19.9 Å². The lowest BCUT2D eigenvalue weighted by atomic mass is 10.1. The van der Waals surface area contributed by atoms with E-state index in [2.05, 4.69) is 56.6 Å². The van der Waals surface area contributed by atoms with E-state index in [0.29, 0.717) is 11.5 Å². The van der Waals surface area contributed by atoms with Crippen molar-refractivity contribution in [2.24, 2.45) is 0 Å². The number of nitrogens with zero attached hydrogens (tertiary/aromatic N) is 4. The molecule has 7 nitrogen and oxygen atoms in total. The van der Waals surface area contributed by atoms with Crippen molar-refractivity contribution < 1.29 is 4.74 Å². The van der Waals surface area contributed by atoms with Crippen LogP contribution < -0.4 is 5.32 Å². The molecule has 1 fully saturated rings. The van der Waals surface area contributed by atoms with Gasteiger partial charge < -0.3 is 15.0 Å². The van der Waals surface area contributed by atoms with E-state index in [1.54, 1.807) is 11.3 Å². The van der Waals surface area contributed by atoms with E-state index in [1.807, 2.05) is 30.5 Å². The van der Waals surface area contributed by atoms with E-state index in [4.69, 9.17) is 9.72 Å². The Kier molecular flexibility index (Phi) is 5.43. The number of anilines is 2. The predicted octanol–water partition coefficient (Wildman–Crippen LogP) is 5.29. The monoisotopic (exact) mass is 466 g/mol. The number of aromatic amines is 1. The van der Waals surface area contributed by atoms with Crippen LogP contribution >= 0.6 is 11.3 Å². The number of fused-ring (bicyclic) bond motifs is 2. The summed E-state index contributed by atoms with van der Waals surface area (Å²) in [5.41, 5.74) is 4.53. The van der Waals surface area contributed by atoms with Gasteiger partial charge >= 0.3 is 0 Å². The predicted molar refractivity (Wildman–Crippen MR) is 135 cm³/mol. The smallest absolute Gasteiger partial charge is 0.229 e. The SMILES string of the molecule is N#Cc1ccc2cc(-c3nc(Nc4ccc(CN5CCOCC5)cc4)nc4[nH]ccc34)sc2c1. The summed E-state index contributed by atoms with van der Waals surface area (Å²) in [6, 6.07) is 20.5. The molecule has 1 aliphatic rings. The number of ether oxygens (including phenoxy) is 1. The molecule has 168 valence electrons. The van der Waals surface area contributed by atoms with Gasteiger partial charge in [-0.05, 0) is 47.3 Å². The van der Waals surface area contributed by atoms with Crippen molar-refractivity contribution in [2.75, 3.05) is 31.6 Å². The van der Waals surface area contributed by atoms with Crippen LogP contribution in [0, 0.1) is 11.3 Å². The van der Waals surface area contributed by atoms with Crippen LogP contribution in [0.2, 0.25) is 0 Å². The summed E-state index contributed by atoms with van der Waals surface area (Å²) in [5.74, 6) is 0.543. The van der Waals surface area contributed by atoms with Gasteiger partial charge in [-0.1, -0.05) is 18.2 Å². The van der Waals surface area contributed by atoms with Crippen LogP contribution in [0.5, 0.6) is 0 Å². The Balaban J connectivity index is 1.29. The van der Waals surface area contributed by atoms with Gasteiger partial charge in [-0.3, -0.25) is 4.90 Å². The van der Waals surface area contributed by atoms with Crippen LogP contribution in [0.1, 0.15) is 11.1 Å². The van der Waals surface area contributed by atoms with E-state index >= 15 is 0 Å². The summed E-state index contributed by atoms with van der Waals surface area (Å²) < 4.78 is 6.51. The number of nitriles is 1. The third kappa shape index (κ3) is 4.13. The standard InChI is InChI=1S/C26H22N6OS/c27-15-18-1-4-19-14-23(34-22(19)13-18)24-21-7-8-28-25(21)31-26(30-24)29-20-5-2-17(3-6-20)16-32-9-11-33-12-10-32/h1-8,13-14H,9-12,16H2,(H2,28,29,30,31). The summed E-state index contributed by atoms with van der Waals surface area (Å²) >= 11 is 1.63. The highest BCUT2D eigenvalue weighted by molar-refractivity contribution is 7.22. The number of morpholine rings is 1. The molecule has 1 aliphatic heterocycles. The molecule has 5 aromatic rings. The first kappa shape index (κ1) is 20.8. The maximum absolute atomic E-state index is 9.22. The summed E-state index contributed by atoms with van der Waals surface area (Å²) in [5, 5.41) is 14.7. The molecular formula is C26H22N6OS. The van der Waals surface area contributed by atoms with E-state index in [9.17, 15) is 5.26 Å². The molecule has 0 aliphatic carbocycles. The van der Waals surface area contributed by atoms with Gasteiger partial charge in [0, 0.05) is 41.6 Å². The van der Waals surface area contributed by atoms with Crippen LogP contribution in [0.15, 0.2) is 60.8 Å². The fraction of sp³-hybridized carbons (Fsp3) is 0.192. The lowest BCUT2D eigenvalue weighted by molar-refractivity contribution is 0.0342. The number of rotatable bonds is 5. The fourth-order valence-electron chi connectivity index (χ4n) is 4.24. The zero-order valence-corrected chi connectivity index (χ0v) is 19.2. The van der Waals surface area contributed by atoms with Crippen LogP contribution in [-0.4, -0.2) is 46.2 Å². The van der Waals surface area contributed by atoms with Gasteiger partial charge in [-0.2, -0.15) is 10.2 Å². The Bertz CT molecular complexity index is 1510. The molecule has 0 amide bonds. The third-order valence-electron chi connectivity index (χ3n) is 6.02. The van der Waals surface area contributed by atoms with Gasteiger partial charge in [-0.25, -0.2) is 4.98 Å². The average molecular weight is 467 g/mol. The van der Waals surface area contributed by atoms with Crippen LogP contribution in [-0.2, 0) is 11.3 Å². The normalized spacial score (nSPS) is 14.4. The molecule has 4 heterocycles. The van der Waals surface area contributed by atoms with Crippen LogP contribution in [0.25, 0.3) is 31.7 Å². The maximum Gasteiger partial charge on any atom is 0.229 e. The molecule has 0 unspecified atom stereocenters. The van der Waals surface area contributed by atoms with Gasteiger partial charge in [0.25, 0.3) is 0 Å². The van der Waals surface area contributed by atoms with Crippen molar-refractivity contribution in [1.29, 1.82) is 5.26 Å². The van der Waals surface area contributed by atoms with Gasteiger partial charge in [-0.15, -0.1) is 11.3 Å². The van der Waals surface area contributed by atoms with Crippen LogP contribution in [0.3, 0.4) is 0 Å². The number of benzene rings is 2. The average Bonchev–Trinajstić information content (AvgIpc) is 3.52. The number of hydrogen-bond donors (Lipinski definition) is 2. The first-order valence-electron chi connectivity index (χ1n) is 11.2. The highest BCUT2D eigenvalue weighted by Gasteiger charge is 2.15. The number of hydrogen-bond acceptors (Lipinski definition) is 7. The molecule has 34 heavy (non-hydrogen) atoms. The highest BCUT2D eigenvalue weighted by Crippen LogP contribution is 2.36. The Labute approximate surface area is 200 Å². The molecule has 6 rings (SSSR count). The number of aromatic nitrogens is 3. The summed E-state index contributed by atoms with van der Waals surface area (Å²) in [6.45, 7) is 4.49. The maximum atomic E-state index is 9.22. The minimum Gasteiger partial charge on any atom is -0.379 e. The molecule has 3 aromatic heterocycles. The number of nitrogens with one attached hydrogen (secondary N) is 2. The lowest BCUT2D eigenvalue weighted by Gasteiger charge is -2.26. The summed E-state index contributed by atoms with van der Waals surface area (Å²) in [7, 11) is 0. The minimum absolute atomic E-state index is 0.543. The second kappa shape index (κ2) is 8.88. The van der Waals surface area contributed by atoms with Crippen LogP contribution in [0.4, 0.5) is 11.6 Å². The molecule has 1 saturated heterocycles. The van der Waals surface area contributed by atoms with Gasteiger partial charge in [0.1, 0.15) is 5.65 Å². The largest absolute Gasteiger partial charge is 0.379 e. The van der Waals surface area contributed by atoms with Crippen molar-refractivity contribution >= 4 is 44.1 Å². The Morgan fingerprint density at radius 2 is 1.91 bits per heavy atom. The Hall–Kier alpha value is -3.77. The first-order valence-corrected chi connectivity index (χ1v) is 12.0. The molecule has 2 aromatic carbocycles. The van der Waals surface area contributed by atoms with Crippen molar-refractivity contribution in [2.45, 2.75) is 6.54 Å². The van der Waals surface area contributed by atoms with Crippen molar-refractivity contribution in [3.63, 3.8) is 0 Å². The molecule has 0 radical (unpaired) electrons. The molecule has 0 bridgehead atoms. The zero-order chi connectivity index (χ0) is 22.9. The Morgan fingerprint density at radius 3 is 2.74 bits per heavy atom. The van der Waals surface area contributed by atoms with Gasteiger partial charge in [0.15, 0.2) is 0 Å². The molecule has 0 atom stereocenters. The quantitative estimate of drug-likeness (QED) is 0.366. The lowest BCUT2D eigenvalue weighted by Crippen LogP contribution is -2.35. The fourth-order valence-corrected chi connectivity index (χ4v) is 5.35. The highest BCUT2D eigenvalue weighted by atomic mass is 32.1. The molecular weight excluding hydrogens is 444 g/mol. The molecule has 0 spiro atoms. The topological polar surface area (TPSA) is 89.9 Å². The Morgan fingerprint density at radius 1 is 1.06 bits per heavy atom. The third-order valence-corrected chi connectivity index (χ3v) is 7.12. The van der Waals surface area contributed by atoms with E-state index < -0.39 is 0 Å². The van der Waals surface area contributed by atoms with E-state index in [0.717, 1.165) is 70.2 Å². The summed E-state index contributed by atoms with van der Waals surface area (Å²) in [6.07, 6.45) is 1.88. The second-order valence-electron chi connectivity index (χ2n) is 8.32. The molecule has 2 N–H and O–H groups in total. The molecule has 8 heteroatoms. The first-order chi connectivity index (χ1) is 16.7. The van der Waals surface area contributed by atoms with Crippen molar-refractivity contribution in [3.05, 3.63) is 71.9 Å². The molecule has 0 saturated carbocycles. The summed E-state index contributed by atoms with van der Waals surface area (Å²) in [4.78, 5) is 16.2. The number of thiophene rings is 1. The van der Waals surface area contributed by atoms with Crippen molar-refractivity contribution in [3.8, 4) is 16.6 Å². The second-order valence-corrected chi connectivity index (χ2v) is 9.41. The zero-order valence-electron chi connectivity index (χ0n) is 18.4. The van der Waals surface area contributed by atoms with Gasteiger partial charge in [0.05, 0.1) is 35.4 Å².